The molecule has 0 radical (unpaired) electrons. The van der Waals surface area contributed by atoms with Gasteiger partial charge in [-0.15, -0.1) is 0 Å². The Morgan fingerprint density at radius 1 is 1.44 bits per heavy atom. The first kappa shape index (κ1) is 11.5. The second-order valence-electron chi connectivity index (χ2n) is 4.54. The fourth-order valence-electron chi connectivity index (χ4n) is 1.86. The minimum atomic E-state index is -0.201. The highest BCUT2D eigenvalue weighted by atomic mass is 16.5. The molecule has 1 aromatic rings. The summed E-state index contributed by atoms with van der Waals surface area (Å²) in [7, 11) is 4.19. The van der Waals surface area contributed by atoms with Crippen LogP contribution in [0.4, 0.5) is 0 Å². The van der Waals surface area contributed by atoms with Crippen LogP contribution in [0, 0.1) is 0 Å². The molecule has 2 rings (SSSR count). The van der Waals surface area contributed by atoms with Crippen LogP contribution in [0.25, 0.3) is 0 Å². The summed E-state index contributed by atoms with van der Waals surface area (Å²) in [5, 5.41) is 4.01. The molecule has 1 saturated heterocycles. The van der Waals surface area contributed by atoms with Crippen molar-refractivity contribution in [1.82, 2.24) is 19.9 Å². The van der Waals surface area contributed by atoms with Gasteiger partial charge in [0, 0.05) is 19.6 Å². The van der Waals surface area contributed by atoms with Gasteiger partial charge in [0.25, 0.3) is 0 Å². The van der Waals surface area contributed by atoms with Gasteiger partial charge in [-0.2, -0.15) is 4.98 Å². The molecule has 16 heavy (non-hydrogen) atoms. The molecule has 6 heteroatoms. The first-order chi connectivity index (χ1) is 7.58. The normalized spacial score (nSPS) is 25.9. The van der Waals surface area contributed by atoms with Crippen molar-refractivity contribution < 1.29 is 4.52 Å². The molecule has 2 atom stereocenters. The zero-order valence-electron chi connectivity index (χ0n) is 10.1. The van der Waals surface area contributed by atoms with Gasteiger partial charge in [0.1, 0.15) is 0 Å². The zero-order valence-corrected chi connectivity index (χ0v) is 10.1. The van der Waals surface area contributed by atoms with Crippen LogP contribution < -0.4 is 5.73 Å². The molecule has 2 N–H and O–H groups in total. The number of piperazine rings is 1. The van der Waals surface area contributed by atoms with Crippen LogP contribution in [-0.4, -0.2) is 53.7 Å². The van der Waals surface area contributed by atoms with E-state index in [4.69, 9.17) is 10.3 Å². The molecule has 1 fully saturated rings. The van der Waals surface area contributed by atoms with E-state index in [1.807, 2.05) is 6.92 Å². The summed E-state index contributed by atoms with van der Waals surface area (Å²) in [6, 6.07) is 0.00266. The molecule has 1 aliphatic rings. The Balaban J connectivity index is 2.15. The maximum atomic E-state index is 5.70. The standard InChI is InChI=1S/C10H19N5O/c1-7(11)10-12-9(13-16-10)8-6-14(2)4-5-15(8)3/h7-8H,4-6,11H2,1-3H3/t7-,8?/m1/s1. The molecule has 2 heterocycles. The van der Waals surface area contributed by atoms with Crippen LogP contribution in [0.2, 0.25) is 0 Å². The van der Waals surface area contributed by atoms with Gasteiger partial charge in [-0.1, -0.05) is 5.16 Å². The highest BCUT2D eigenvalue weighted by Gasteiger charge is 2.28. The van der Waals surface area contributed by atoms with Gasteiger partial charge < -0.3 is 15.2 Å². The summed E-state index contributed by atoms with van der Waals surface area (Å²) in [5.74, 6) is 1.25. The molecule has 0 aliphatic carbocycles. The quantitative estimate of drug-likeness (QED) is 0.764. The lowest BCUT2D eigenvalue weighted by atomic mass is 10.2. The minimum absolute atomic E-state index is 0.201. The largest absolute Gasteiger partial charge is 0.338 e. The van der Waals surface area contributed by atoms with Crippen LogP contribution >= 0.6 is 0 Å². The SMILES string of the molecule is C[C@@H](N)c1nc(C2CN(C)CCN2C)no1. The fourth-order valence-corrected chi connectivity index (χ4v) is 1.86. The van der Waals surface area contributed by atoms with Crippen LogP contribution in [0.5, 0.6) is 0 Å². The summed E-state index contributed by atoms with van der Waals surface area (Å²) >= 11 is 0. The molecule has 0 bridgehead atoms. The molecule has 0 saturated carbocycles. The van der Waals surface area contributed by atoms with E-state index in [0.717, 1.165) is 25.5 Å². The first-order valence-corrected chi connectivity index (χ1v) is 5.56. The Bertz CT molecular complexity index is 351. The molecule has 0 aromatic carbocycles. The van der Waals surface area contributed by atoms with Gasteiger partial charge in [0.2, 0.25) is 5.89 Å². The molecular weight excluding hydrogens is 206 g/mol. The summed E-state index contributed by atoms with van der Waals surface area (Å²) in [6.07, 6.45) is 0. The smallest absolute Gasteiger partial charge is 0.243 e. The van der Waals surface area contributed by atoms with Crippen molar-refractivity contribution in [2.24, 2.45) is 5.73 Å². The van der Waals surface area contributed by atoms with Gasteiger partial charge in [-0.3, -0.25) is 4.90 Å². The first-order valence-electron chi connectivity index (χ1n) is 5.56. The summed E-state index contributed by atoms with van der Waals surface area (Å²) in [4.78, 5) is 8.86. The van der Waals surface area contributed by atoms with Crippen LogP contribution in [0.15, 0.2) is 4.52 Å². The Kier molecular flexibility index (Phi) is 3.22. The summed E-state index contributed by atoms with van der Waals surface area (Å²) in [6.45, 7) is 4.86. The van der Waals surface area contributed by atoms with Crippen molar-refractivity contribution in [2.75, 3.05) is 33.7 Å². The highest BCUT2D eigenvalue weighted by molar-refractivity contribution is 4.99. The molecule has 6 nitrogen and oxygen atoms in total. The zero-order chi connectivity index (χ0) is 11.7. The predicted octanol–water partition coefficient (Wildman–Crippen LogP) is 0.00760. The number of rotatable bonds is 2. The van der Waals surface area contributed by atoms with E-state index in [9.17, 15) is 0 Å². The molecule has 1 unspecified atom stereocenters. The molecular formula is C10H19N5O. The van der Waals surface area contributed by atoms with Crippen molar-refractivity contribution in [3.8, 4) is 0 Å². The topological polar surface area (TPSA) is 71.4 Å². The number of nitrogens with zero attached hydrogens (tertiary/aromatic N) is 4. The second kappa shape index (κ2) is 4.48. The van der Waals surface area contributed by atoms with Crippen molar-refractivity contribution in [3.05, 3.63) is 11.7 Å². The van der Waals surface area contributed by atoms with Crippen molar-refractivity contribution in [1.29, 1.82) is 0 Å². The lowest BCUT2D eigenvalue weighted by Crippen LogP contribution is -2.45. The Hall–Kier alpha value is -0.980. The summed E-state index contributed by atoms with van der Waals surface area (Å²) in [5.41, 5.74) is 5.70. The lowest BCUT2D eigenvalue weighted by molar-refractivity contribution is 0.108. The van der Waals surface area contributed by atoms with Gasteiger partial charge in [0.15, 0.2) is 5.82 Å². The molecule has 0 spiro atoms. The number of hydrogen-bond donors (Lipinski definition) is 1. The van der Waals surface area contributed by atoms with Crippen LogP contribution in [0.1, 0.15) is 30.7 Å². The third kappa shape index (κ3) is 2.23. The Labute approximate surface area is 95.4 Å². The Morgan fingerprint density at radius 3 is 2.81 bits per heavy atom. The fraction of sp³-hybridized carbons (Fsp3) is 0.800. The van der Waals surface area contributed by atoms with Crippen LogP contribution in [-0.2, 0) is 0 Å². The van der Waals surface area contributed by atoms with E-state index >= 15 is 0 Å². The van der Waals surface area contributed by atoms with E-state index in [-0.39, 0.29) is 12.1 Å². The molecule has 90 valence electrons. The number of aromatic nitrogens is 2. The molecule has 1 aromatic heterocycles. The highest BCUT2D eigenvalue weighted by Crippen LogP contribution is 2.21. The van der Waals surface area contributed by atoms with Crippen molar-refractivity contribution in [3.63, 3.8) is 0 Å². The maximum Gasteiger partial charge on any atom is 0.243 e. The van der Waals surface area contributed by atoms with Crippen LogP contribution in [0.3, 0.4) is 0 Å². The van der Waals surface area contributed by atoms with Crippen molar-refractivity contribution in [2.45, 2.75) is 19.0 Å². The average molecular weight is 225 g/mol. The van der Waals surface area contributed by atoms with Gasteiger partial charge in [-0.25, -0.2) is 0 Å². The predicted molar refractivity (Wildman–Crippen MR) is 59.8 cm³/mol. The molecule has 0 amide bonds. The molecule has 1 aliphatic heterocycles. The number of likely N-dealkylation sites (N-methyl/N-ethyl adjacent to an activating group) is 2. The minimum Gasteiger partial charge on any atom is -0.338 e. The summed E-state index contributed by atoms with van der Waals surface area (Å²) < 4.78 is 5.13. The maximum absolute atomic E-state index is 5.70. The van der Waals surface area contributed by atoms with Gasteiger partial charge in [0.05, 0.1) is 12.1 Å². The third-order valence-corrected chi connectivity index (χ3v) is 3.00. The van der Waals surface area contributed by atoms with E-state index in [1.54, 1.807) is 0 Å². The van der Waals surface area contributed by atoms with Crippen molar-refractivity contribution >= 4 is 0 Å². The third-order valence-electron chi connectivity index (χ3n) is 3.00. The monoisotopic (exact) mass is 225 g/mol. The van der Waals surface area contributed by atoms with Gasteiger partial charge >= 0.3 is 0 Å². The average Bonchev–Trinajstić information content (AvgIpc) is 2.70. The van der Waals surface area contributed by atoms with E-state index in [0.29, 0.717) is 5.89 Å². The Morgan fingerprint density at radius 2 is 2.19 bits per heavy atom. The van der Waals surface area contributed by atoms with E-state index in [1.165, 1.54) is 0 Å². The number of nitrogens with two attached hydrogens (primary N) is 1. The van der Waals surface area contributed by atoms with Gasteiger partial charge in [-0.05, 0) is 21.0 Å². The second-order valence-corrected chi connectivity index (χ2v) is 4.54. The number of hydrogen-bond acceptors (Lipinski definition) is 6. The lowest BCUT2D eigenvalue weighted by Gasteiger charge is -2.35. The van der Waals surface area contributed by atoms with E-state index < -0.39 is 0 Å². The van der Waals surface area contributed by atoms with E-state index in [2.05, 4.69) is 34.0 Å².